The Labute approximate surface area is 214 Å². The monoisotopic (exact) mass is 527 g/mol. The number of carboxylic acid groups (broad SMARTS) is 1. The molecule has 0 aliphatic rings. The van der Waals surface area contributed by atoms with Crippen LogP contribution >= 0.6 is 23.2 Å². The Morgan fingerprint density at radius 1 is 0.972 bits per heavy atom. The van der Waals surface area contributed by atoms with Crippen molar-refractivity contribution in [1.29, 1.82) is 0 Å². The summed E-state index contributed by atoms with van der Waals surface area (Å²) in [6, 6.07) is 16.2. The van der Waals surface area contributed by atoms with Crippen LogP contribution in [0.5, 0.6) is 11.5 Å². The number of benzene rings is 2. The van der Waals surface area contributed by atoms with Crippen molar-refractivity contribution in [2.24, 2.45) is 0 Å². The largest absolute Gasteiger partial charge is 0.476 e. The Kier molecular flexibility index (Phi) is 7.37. The van der Waals surface area contributed by atoms with E-state index in [1.807, 2.05) is 0 Å². The zero-order valence-electron chi connectivity index (χ0n) is 18.8. The van der Waals surface area contributed by atoms with Crippen molar-refractivity contribution in [1.82, 2.24) is 19.1 Å². The summed E-state index contributed by atoms with van der Waals surface area (Å²) in [6.45, 7) is 2.03. The van der Waals surface area contributed by atoms with Gasteiger partial charge in [0.15, 0.2) is 11.4 Å². The molecule has 2 aromatic carbocycles. The summed E-state index contributed by atoms with van der Waals surface area (Å²) in [5.41, 5.74) is -0.195. The zero-order valence-corrected chi connectivity index (χ0v) is 20.3. The molecule has 0 unspecified atom stereocenters. The second kappa shape index (κ2) is 10.6. The molecule has 36 heavy (non-hydrogen) atoms. The topological polar surface area (TPSA) is 128 Å². The quantitative estimate of drug-likeness (QED) is 0.322. The van der Waals surface area contributed by atoms with Gasteiger partial charge in [-0.05, 0) is 61.0 Å². The molecule has 0 aliphatic heterocycles. The number of ether oxygens (including phenoxy) is 1. The van der Waals surface area contributed by atoms with Crippen LogP contribution in [-0.4, -0.2) is 30.2 Å². The minimum absolute atomic E-state index is 0.0225. The van der Waals surface area contributed by atoms with Gasteiger partial charge in [-0.1, -0.05) is 35.3 Å². The molecule has 4 rings (SSSR count). The fraction of sp³-hybridized carbons (Fsp3) is 0.125. The first-order valence-corrected chi connectivity index (χ1v) is 11.4. The van der Waals surface area contributed by atoms with Crippen LogP contribution in [0.3, 0.4) is 0 Å². The number of halogens is 2. The Morgan fingerprint density at radius 2 is 1.67 bits per heavy atom. The average molecular weight is 528 g/mol. The van der Waals surface area contributed by atoms with Gasteiger partial charge in [0, 0.05) is 17.3 Å². The summed E-state index contributed by atoms with van der Waals surface area (Å²) in [5.74, 6) is -0.861. The van der Waals surface area contributed by atoms with E-state index in [0.29, 0.717) is 16.5 Å². The van der Waals surface area contributed by atoms with Gasteiger partial charge in [0.2, 0.25) is 5.95 Å². The van der Waals surface area contributed by atoms with Crippen molar-refractivity contribution in [3.8, 4) is 11.5 Å². The molecule has 0 saturated heterocycles. The Hall–Kier alpha value is -4.15. The lowest BCUT2D eigenvalue weighted by molar-refractivity contribution is 0.0687. The number of rotatable bonds is 8. The third-order valence-electron chi connectivity index (χ3n) is 5.09. The smallest absolute Gasteiger partial charge is 0.358 e. The van der Waals surface area contributed by atoms with Crippen LogP contribution in [0.25, 0.3) is 0 Å². The highest BCUT2D eigenvalue weighted by atomic mass is 35.5. The van der Waals surface area contributed by atoms with E-state index in [4.69, 9.17) is 27.9 Å². The number of nitrogens with one attached hydrogen (secondary N) is 1. The standard InChI is InChI=1S/C24H19Cl2N5O5/c1-2-30-23(34)29-22(31(24(30)35)13-14-3-5-15(25)6-4-14)27-16-7-9-17(10-8-16)36-18-11-12-19(26)28-20(18)21(32)33/h3-12H,2,13H2,1H3,(H,32,33)(H,27,29,34). The Balaban J connectivity index is 1.62. The van der Waals surface area contributed by atoms with E-state index in [-0.39, 0.29) is 35.6 Å². The first-order valence-electron chi connectivity index (χ1n) is 10.7. The molecule has 0 bridgehead atoms. The van der Waals surface area contributed by atoms with E-state index < -0.39 is 17.3 Å². The maximum Gasteiger partial charge on any atom is 0.358 e. The summed E-state index contributed by atoms with van der Waals surface area (Å²) in [7, 11) is 0. The van der Waals surface area contributed by atoms with Gasteiger partial charge in [0.05, 0.1) is 6.54 Å². The number of carboxylic acids is 1. The maximum absolute atomic E-state index is 13.0. The summed E-state index contributed by atoms with van der Waals surface area (Å²) in [5, 5.41) is 12.9. The first-order chi connectivity index (χ1) is 17.2. The summed E-state index contributed by atoms with van der Waals surface area (Å²) in [4.78, 5) is 44.7. The molecule has 184 valence electrons. The SMILES string of the molecule is CCn1c(=O)nc(Nc2ccc(Oc3ccc(Cl)nc3C(=O)O)cc2)n(Cc2ccc(Cl)cc2)c1=O. The number of hydrogen-bond donors (Lipinski definition) is 2. The van der Waals surface area contributed by atoms with Crippen LogP contribution < -0.4 is 21.4 Å². The van der Waals surface area contributed by atoms with Gasteiger partial charge in [-0.15, -0.1) is 0 Å². The predicted molar refractivity (Wildman–Crippen MR) is 135 cm³/mol. The number of carbonyl (C=O) groups is 1. The van der Waals surface area contributed by atoms with Crippen molar-refractivity contribution in [2.75, 3.05) is 5.32 Å². The molecular formula is C24H19Cl2N5O5. The molecule has 0 amide bonds. The lowest BCUT2D eigenvalue weighted by atomic mass is 10.2. The lowest BCUT2D eigenvalue weighted by Crippen LogP contribution is -2.42. The van der Waals surface area contributed by atoms with Crippen LogP contribution in [0.1, 0.15) is 23.0 Å². The number of pyridine rings is 1. The third-order valence-corrected chi connectivity index (χ3v) is 5.55. The molecule has 10 nitrogen and oxygen atoms in total. The second-order valence-corrected chi connectivity index (χ2v) is 8.32. The van der Waals surface area contributed by atoms with Crippen LogP contribution in [0.15, 0.2) is 70.3 Å². The highest BCUT2D eigenvalue weighted by molar-refractivity contribution is 6.30. The molecule has 12 heteroatoms. The van der Waals surface area contributed by atoms with Crippen molar-refractivity contribution in [3.05, 3.63) is 103 Å². The number of aromatic nitrogens is 4. The molecule has 0 aliphatic carbocycles. The van der Waals surface area contributed by atoms with Gasteiger partial charge in [-0.2, -0.15) is 4.98 Å². The molecule has 0 spiro atoms. The van der Waals surface area contributed by atoms with Crippen LogP contribution in [0.2, 0.25) is 10.2 Å². The minimum atomic E-state index is -1.28. The van der Waals surface area contributed by atoms with E-state index in [2.05, 4.69) is 15.3 Å². The van der Waals surface area contributed by atoms with Gasteiger partial charge in [-0.3, -0.25) is 4.57 Å². The van der Waals surface area contributed by atoms with Crippen molar-refractivity contribution >= 4 is 40.8 Å². The number of anilines is 2. The van der Waals surface area contributed by atoms with Crippen molar-refractivity contribution < 1.29 is 14.6 Å². The van der Waals surface area contributed by atoms with E-state index in [0.717, 1.165) is 10.1 Å². The van der Waals surface area contributed by atoms with E-state index in [1.165, 1.54) is 16.7 Å². The van der Waals surface area contributed by atoms with Gasteiger partial charge < -0.3 is 15.2 Å². The normalized spacial score (nSPS) is 10.8. The van der Waals surface area contributed by atoms with E-state index in [9.17, 15) is 19.5 Å². The number of aromatic carboxylic acids is 1. The van der Waals surface area contributed by atoms with Crippen LogP contribution in [0.4, 0.5) is 11.6 Å². The van der Waals surface area contributed by atoms with Crippen molar-refractivity contribution in [3.63, 3.8) is 0 Å². The predicted octanol–water partition coefficient (Wildman–Crippen LogP) is 4.41. The van der Waals surface area contributed by atoms with Gasteiger partial charge >= 0.3 is 17.3 Å². The molecule has 0 atom stereocenters. The van der Waals surface area contributed by atoms with E-state index in [1.54, 1.807) is 55.5 Å². The van der Waals surface area contributed by atoms with E-state index >= 15 is 0 Å². The maximum atomic E-state index is 13.0. The molecule has 0 fully saturated rings. The summed E-state index contributed by atoms with van der Waals surface area (Å²) < 4.78 is 8.05. The molecule has 2 heterocycles. The molecule has 0 saturated carbocycles. The van der Waals surface area contributed by atoms with Gasteiger partial charge in [0.1, 0.15) is 10.9 Å². The third kappa shape index (κ3) is 5.56. The molecule has 4 aromatic rings. The molecular weight excluding hydrogens is 509 g/mol. The van der Waals surface area contributed by atoms with Gasteiger partial charge in [0.25, 0.3) is 0 Å². The number of hydrogen-bond acceptors (Lipinski definition) is 7. The van der Waals surface area contributed by atoms with Crippen LogP contribution in [-0.2, 0) is 13.1 Å². The van der Waals surface area contributed by atoms with Crippen LogP contribution in [0, 0.1) is 0 Å². The Bertz CT molecular complexity index is 1530. The average Bonchev–Trinajstić information content (AvgIpc) is 2.85. The fourth-order valence-corrected chi connectivity index (χ4v) is 3.60. The zero-order chi connectivity index (χ0) is 25.8. The summed E-state index contributed by atoms with van der Waals surface area (Å²) >= 11 is 11.7. The van der Waals surface area contributed by atoms with Gasteiger partial charge in [-0.25, -0.2) is 23.9 Å². The molecule has 2 N–H and O–H groups in total. The second-order valence-electron chi connectivity index (χ2n) is 7.49. The molecule has 2 aromatic heterocycles. The van der Waals surface area contributed by atoms with Crippen molar-refractivity contribution in [2.45, 2.75) is 20.0 Å². The lowest BCUT2D eigenvalue weighted by Gasteiger charge is -2.15. The first kappa shape index (κ1) is 25.0. The molecule has 0 radical (unpaired) electrons. The minimum Gasteiger partial charge on any atom is -0.476 e. The Morgan fingerprint density at radius 3 is 2.31 bits per heavy atom. The summed E-state index contributed by atoms with van der Waals surface area (Å²) in [6.07, 6.45) is 0. The highest BCUT2D eigenvalue weighted by Gasteiger charge is 2.16. The highest BCUT2D eigenvalue weighted by Crippen LogP contribution is 2.27. The fourth-order valence-electron chi connectivity index (χ4n) is 3.33. The number of nitrogens with zero attached hydrogens (tertiary/aromatic N) is 4.